The summed E-state index contributed by atoms with van der Waals surface area (Å²) in [4.78, 5) is 24.5. The Bertz CT molecular complexity index is 354. The van der Waals surface area contributed by atoms with Crippen LogP contribution in [0, 0.1) is 0 Å². The molecule has 0 bridgehead atoms. The maximum atomic E-state index is 10.8. The summed E-state index contributed by atoms with van der Waals surface area (Å²) in [7, 11) is 0. The molecule has 0 aliphatic rings. The normalized spacial score (nSPS) is 10.1. The van der Waals surface area contributed by atoms with Gasteiger partial charge in [0.25, 0.3) is 5.78 Å². The van der Waals surface area contributed by atoms with Crippen molar-refractivity contribution in [2.45, 2.75) is 0 Å². The van der Waals surface area contributed by atoms with E-state index in [4.69, 9.17) is 5.26 Å². The highest BCUT2D eigenvalue weighted by atomic mass is 17.1. The average molecular weight is 192 g/mol. The number of carbonyl (C=O) groups excluding carboxylic acids is 2. The van der Waals surface area contributed by atoms with Crippen molar-refractivity contribution in [3.05, 3.63) is 42.0 Å². The predicted molar refractivity (Wildman–Crippen MR) is 49.2 cm³/mol. The zero-order valence-corrected chi connectivity index (χ0v) is 7.21. The Morgan fingerprint density at radius 2 is 1.86 bits per heavy atom. The average Bonchev–Trinajstić information content (AvgIpc) is 2.26. The topological polar surface area (TPSA) is 63.6 Å². The molecule has 4 nitrogen and oxygen atoms in total. The van der Waals surface area contributed by atoms with Crippen LogP contribution in [0.2, 0.25) is 0 Å². The van der Waals surface area contributed by atoms with Crippen molar-refractivity contribution in [2.75, 3.05) is 0 Å². The van der Waals surface area contributed by atoms with Gasteiger partial charge in [-0.25, -0.2) is 4.79 Å². The Morgan fingerprint density at radius 3 is 2.43 bits per heavy atom. The molecule has 0 aliphatic heterocycles. The molecule has 1 N–H and O–H groups in total. The zero-order chi connectivity index (χ0) is 10.4. The van der Waals surface area contributed by atoms with E-state index in [1.807, 2.05) is 6.07 Å². The summed E-state index contributed by atoms with van der Waals surface area (Å²) in [5.41, 5.74) is 0.784. The fourth-order valence-corrected chi connectivity index (χ4v) is 0.849. The van der Waals surface area contributed by atoms with Crippen molar-refractivity contribution in [3.8, 4) is 0 Å². The van der Waals surface area contributed by atoms with E-state index >= 15 is 0 Å². The molecule has 1 aromatic carbocycles. The molecule has 1 rings (SSSR count). The van der Waals surface area contributed by atoms with Crippen LogP contribution in [-0.4, -0.2) is 17.0 Å². The third-order valence-electron chi connectivity index (χ3n) is 1.51. The Kier molecular flexibility index (Phi) is 3.58. The summed E-state index contributed by atoms with van der Waals surface area (Å²) < 4.78 is 0. The summed E-state index contributed by atoms with van der Waals surface area (Å²) >= 11 is 0. The van der Waals surface area contributed by atoms with Gasteiger partial charge < -0.3 is 0 Å². The van der Waals surface area contributed by atoms with E-state index < -0.39 is 11.8 Å². The van der Waals surface area contributed by atoms with Gasteiger partial charge in [0.15, 0.2) is 0 Å². The van der Waals surface area contributed by atoms with E-state index in [-0.39, 0.29) is 0 Å². The molecular formula is C10H8O4. The van der Waals surface area contributed by atoms with Crippen LogP contribution in [0.3, 0.4) is 0 Å². The van der Waals surface area contributed by atoms with E-state index in [1.165, 1.54) is 6.08 Å². The highest BCUT2D eigenvalue weighted by Crippen LogP contribution is 2.00. The molecule has 0 spiro atoms. The first kappa shape index (κ1) is 10.1. The molecule has 0 radical (unpaired) electrons. The molecule has 72 valence electrons. The quantitative estimate of drug-likeness (QED) is 0.339. The lowest BCUT2D eigenvalue weighted by molar-refractivity contribution is -0.231. The van der Waals surface area contributed by atoms with Crippen LogP contribution in [0.4, 0.5) is 0 Å². The van der Waals surface area contributed by atoms with E-state index in [9.17, 15) is 9.59 Å². The smallest absolute Gasteiger partial charge is 0.292 e. The summed E-state index contributed by atoms with van der Waals surface area (Å²) in [5.74, 6) is -2.20. The van der Waals surface area contributed by atoms with Crippen molar-refractivity contribution in [1.29, 1.82) is 0 Å². The number of benzene rings is 1. The van der Waals surface area contributed by atoms with Crippen LogP contribution in [0.5, 0.6) is 0 Å². The number of rotatable bonds is 3. The largest absolute Gasteiger partial charge is 0.412 e. The van der Waals surface area contributed by atoms with E-state index in [2.05, 4.69) is 4.89 Å². The summed E-state index contributed by atoms with van der Waals surface area (Å²) in [5, 5.41) is 7.90. The molecule has 0 heterocycles. The molecule has 0 amide bonds. The SMILES string of the molecule is O=C(C=Cc1ccccc1)C(=O)OO. The second-order valence-corrected chi connectivity index (χ2v) is 2.49. The van der Waals surface area contributed by atoms with Crippen molar-refractivity contribution < 1.29 is 19.7 Å². The molecule has 0 saturated carbocycles. The molecule has 0 saturated heterocycles. The number of carbonyl (C=O) groups is 2. The molecule has 0 atom stereocenters. The van der Waals surface area contributed by atoms with Gasteiger partial charge in [0, 0.05) is 0 Å². The van der Waals surface area contributed by atoms with Gasteiger partial charge in [-0.1, -0.05) is 36.4 Å². The fourth-order valence-electron chi connectivity index (χ4n) is 0.849. The lowest BCUT2D eigenvalue weighted by atomic mass is 10.2. The van der Waals surface area contributed by atoms with Crippen molar-refractivity contribution in [1.82, 2.24) is 0 Å². The highest BCUT2D eigenvalue weighted by molar-refractivity contribution is 6.38. The monoisotopic (exact) mass is 192 g/mol. The Labute approximate surface area is 80.4 Å². The van der Waals surface area contributed by atoms with Crippen LogP contribution in [-0.2, 0) is 14.5 Å². The second kappa shape index (κ2) is 4.94. The highest BCUT2D eigenvalue weighted by Gasteiger charge is 2.10. The van der Waals surface area contributed by atoms with Gasteiger partial charge in [-0.05, 0) is 11.6 Å². The van der Waals surface area contributed by atoms with Crippen LogP contribution in [0.25, 0.3) is 6.08 Å². The van der Waals surface area contributed by atoms with Crippen LogP contribution in [0.15, 0.2) is 36.4 Å². The molecular weight excluding hydrogens is 184 g/mol. The third-order valence-corrected chi connectivity index (χ3v) is 1.51. The number of ketones is 1. The first-order valence-electron chi connectivity index (χ1n) is 3.87. The van der Waals surface area contributed by atoms with Crippen molar-refractivity contribution in [3.63, 3.8) is 0 Å². The molecule has 0 aliphatic carbocycles. The van der Waals surface area contributed by atoms with Crippen molar-refractivity contribution in [2.24, 2.45) is 0 Å². The molecule has 4 heteroatoms. The van der Waals surface area contributed by atoms with E-state index in [0.717, 1.165) is 11.6 Å². The third kappa shape index (κ3) is 2.84. The van der Waals surface area contributed by atoms with Gasteiger partial charge in [0.05, 0.1) is 0 Å². The zero-order valence-electron chi connectivity index (χ0n) is 7.21. The minimum atomic E-state index is -1.29. The first-order valence-corrected chi connectivity index (χ1v) is 3.87. The Balaban J connectivity index is 2.65. The second-order valence-electron chi connectivity index (χ2n) is 2.49. The molecule has 0 fully saturated rings. The maximum absolute atomic E-state index is 10.8. The van der Waals surface area contributed by atoms with Crippen LogP contribution >= 0.6 is 0 Å². The van der Waals surface area contributed by atoms with Crippen LogP contribution < -0.4 is 0 Å². The maximum Gasteiger partial charge on any atom is 0.412 e. The van der Waals surface area contributed by atoms with Gasteiger partial charge in [-0.2, -0.15) is 5.26 Å². The van der Waals surface area contributed by atoms with E-state index in [0.29, 0.717) is 0 Å². The summed E-state index contributed by atoms with van der Waals surface area (Å²) in [6, 6.07) is 8.98. The Morgan fingerprint density at radius 1 is 1.21 bits per heavy atom. The van der Waals surface area contributed by atoms with Gasteiger partial charge in [0.2, 0.25) is 0 Å². The Hall–Kier alpha value is -1.94. The van der Waals surface area contributed by atoms with E-state index in [1.54, 1.807) is 24.3 Å². The van der Waals surface area contributed by atoms with Gasteiger partial charge in [0.1, 0.15) is 0 Å². The number of hydrogen-bond acceptors (Lipinski definition) is 4. The lowest BCUT2D eigenvalue weighted by Crippen LogP contribution is -2.12. The minimum absolute atomic E-state index is 0.784. The van der Waals surface area contributed by atoms with Gasteiger partial charge in [-0.3, -0.25) is 9.68 Å². The fraction of sp³-hybridized carbons (Fsp3) is 0. The summed E-state index contributed by atoms with van der Waals surface area (Å²) in [6.07, 6.45) is 2.49. The molecule has 0 aromatic heterocycles. The molecule has 0 unspecified atom stereocenters. The number of hydrogen-bond donors (Lipinski definition) is 1. The predicted octanol–water partition coefficient (Wildman–Crippen LogP) is 1.29. The van der Waals surface area contributed by atoms with Crippen molar-refractivity contribution >= 4 is 17.8 Å². The van der Waals surface area contributed by atoms with Crippen LogP contribution in [0.1, 0.15) is 5.56 Å². The molecule has 14 heavy (non-hydrogen) atoms. The lowest BCUT2D eigenvalue weighted by Gasteiger charge is -1.90. The van der Waals surface area contributed by atoms with Gasteiger partial charge >= 0.3 is 5.97 Å². The first-order chi connectivity index (χ1) is 6.74. The minimum Gasteiger partial charge on any atom is -0.292 e. The summed E-state index contributed by atoms with van der Waals surface area (Å²) in [6.45, 7) is 0. The molecule has 1 aromatic rings. The standard InChI is InChI=1S/C10H8O4/c11-9(10(12)14-13)7-6-8-4-2-1-3-5-8/h1-7,13H. The van der Waals surface area contributed by atoms with Gasteiger partial charge in [-0.15, -0.1) is 0 Å².